The maximum atomic E-state index is 13.2. The van der Waals surface area contributed by atoms with Gasteiger partial charge in [0.25, 0.3) is 0 Å². The topological polar surface area (TPSA) is 59.7 Å². The zero-order chi connectivity index (χ0) is 21.8. The number of anilines is 2. The lowest BCUT2D eigenvalue weighted by Crippen LogP contribution is -2.19. The molecule has 0 aliphatic heterocycles. The Balaban J connectivity index is 1.33. The normalized spacial score (nSPS) is 10.8. The maximum Gasteiger partial charge on any atom is 0.176 e. The zero-order valence-corrected chi connectivity index (χ0v) is 18.3. The minimum Gasteiger partial charge on any atom is -0.330 e. The van der Waals surface area contributed by atoms with Gasteiger partial charge in [-0.15, -0.1) is 0 Å². The second kappa shape index (κ2) is 9.28. The first-order chi connectivity index (χ1) is 15.0. The Hall–Kier alpha value is -3.23. The van der Waals surface area contributed by atoms with E-state index >= 15 is 0 Å². The summed E-state index contributed by atoms with van der Waals surface area (Å²) in [5, 5.41) is 15.7. The molecule has 2 aromatic heterocycles. The highest BCUT2D eigenvalue weighted by atomic mass is 35.5. The molecule has 6 nitrogen and oxygen atoms in total. The Morgan fingerprint density at radius 3 is 2.68 bits per heavy atom. The molecule has 9 heteroatoms. The van der Waals surface area contributed by atoms with E-state index in [0.29, 0.717) is 29.0 Å². The smallest absolute Gasteiger partial charge is 0.176 e. The Kier molecular flexibility index (Phi) is 6.29. The maximum absolute atomic E-state index is 13.2. The molecule has 4 aromatic rings. The van der Waals surface area contributed by atoms with Crippen LogP contribution >= 0.6 is 23.8 Å². The summed E-state index contributed by atoms with van der Waals surface area (Å²) in [6.45, 7) is 3.19. The molecule has 0 aliphatic rings. The first-order valence-corrected chi connectivity index (χ1v) is 10.4. The van der Waals surface area contributed by atoms with Crippen LogP contribution in [-0.4, -0.2) is 24.7 Å². The van der Waals surface area contributed by atoms with Crippen LogP contribution in [-0.2, 0) is 13.1 Å². The molecule has 31 heavy (non-hydrogen) atoms. The van der Waals surface area contributed by atoms with Crippen LogP contribution in [0.1, 0.15) is 16.7 Å². The van der Waals surface area contributed by atoms with Crippen molar-refractivity contribution in [1.29, 1.82) is 0 Å². The summed E-state index contributed by atoms with van der Waals surface area (Å²) >= 11 is 11.5. The van der Waals surface area contributed by atoms with E-state index in [1.165, 1.54) is 23.3 Å². The lowest BCUT2D eigenvalue weighted by atomic mass is 10.1. The molecule has 0 radical (unpaired) electrons. The molecular weight excluding hydrogens is 435 g/mol. The van der Waals surface area contributed by atoms with Gasteiger partial charge in [0.2, 0.25) is 0 Å². The minimum atomic E-state index is -0.366. The minimum absolute atomic E-state index is 0.364. The second-order valence-electron chi connectivity index (χ2n) is 7.07. The molecule has 0 amide bonds. The van der Waals surface area contributed by atoms with Gasteiger partial charge in [-0.2, -0.15) is 10.2 Å². The van der Waals surface area contributed by atoms with Crippen molar-refractivity contribution in [3.8, 4) is 0 Å². The molecular formula is C22H20ClFN6S. The second-order valence-corrected chi connectivity index (χ2v) is 7.88. The lowest BCUT2D eigenvalue weighted by Gasteiger charge is -2.07. The number of thiocarbonyl (C=S) groups is 1. The Morgan fingerprint density at radius 1 is 1.06 bits per heavy atom. The molecule has 4 rings (SSSR count). The van der Waals surface area contributed by atoms with Crippen LogP contribution < -0.4 is 10.6 Å². The number of aryl methyl sites for hydroxylation is 1. The number of aromatic nitrogens is 4. The summed E-state index contributed by atoms with van der Waals surface area (Å²) < 4.78 is 16.8. The van der Waals surface area contributed by atoms with Crippen molar-refractivity contribution >= 4 is 40.4 Å². The Morgan fingerprint density at radius 2 is 1.87 bits per heavy atom. The van der Waals surface area contributed by atoms with Crippen molar-refractivity contribution in [1.82, 2.24) is 19.6 Å². The van der Waals surface area contributed by atoms with Crippen molar-refractivity contribution in [2.24, 2.45) is 0 Å². The molecule has 2 heterocycles. The lowest BCUT2D eigenvalue weighted by molar-refractivity contribution is 0.624. The van der Waals surface area contributed by atoms with E-state index in [1.807, 2.05) is 29.1 Å². The highest BCUT2D eigenvalue weighted by Gasteiger charge is 2.07. The number of nitrogens with zero attached hydrogens (tertiary/aromatic N) is 4. The van der Waals surface area contributed by atoms with Gasteiger partial charge in [0.1, 0.15) is 5.82 Å². The van der Waals surface area contributed by atoms with Crippen LogP contribution in [0, 0.1) is 12.7 Å². The SMILES string of the molecule is Cc1ccccc1Cn1ccc(NC(=S)Nc2cnn(Cc3ccc(F)cc3Cl)c2)n1. The molecule has 0 bridgehead atoms. The highest BCUT2D eigenvalue weighted by Crippen LogP contribution is 2.19. The summed E-state index contributed by atoms with van der Waals surface area (Å²) in [6.07, 6.45) is 5.36. The zero-order valence-electron chi connectivity index (χ0n) is 16.7. The number of hydrogen-bond acceptors (Lipinski definition) is 3. The summed E-state index contributed by atoms with van der Waals surface area (Å²) in [5.41, 5.74) is 3.93. The van der Waals surface area contributed by atoms with Gasteiger partial charge in [0.05, 0.1) is 25.0 Å². The Bertz CT molecular complexity index is 1220. The monoisotopic (exact) mass is 454 g/mol. The van der Waals surface area contributed by atoms with Gasteiger partial charge < -0.3 is 10.6 Å². The van der Waals surface area contributed by atoms with Crippen LogP contribution in [0.3, 0.4) is 0 Å². The molecule has 0 saturated heterocycles. The van der Waals surface area contributed by atoms with Gasteiger partial charge >= 0.3 is 0 Å². The van der Waals surface area contributed by atoms with Gasteiger partial charge in [0, 0.05) is 23.5 Å². The standard InChI is InChI=1S/C22H20ClFN6S/c1-15-4-2-3-5-16(15)12-29-9-8-21(28-29)27-22(31)26-19-11-25-30(14-19)13-17-6-7-18(24)10-20(17)23/h2-11,14H,12-13H2,1H3,(H2,26,27,28,31). The Labute approximate surface area is 189 Å². The molecule has 0 unspecified atom stereocenters. The van der Waals surface area contributed by atoms with Crippen LogP contribution in [0.25, 0.3) is 0 Å². The fourth-order valence-corrected chi connectivity index (χ4v) is 3.55. The predicted molar refractivity (Wildman–Crippen MR) is 125 cm³/mol. The van der Waals surface area contributed by atoms with E-state index in [4.69, 9.17) is 23.8 Å². The number of rotatable bonds is 6. The highest BCUT2D eigenvalue weighted by molar-refractivity contribution is 7.80. The largest absolute Gasteiger partial charge is 0.330 e. The molecule has 0 fully saturated rings. The molecule has 0 aliphatic carbocycles. The van der Waals surface area contributed by atoms with E-state index in [1.54, 1.807) is 23.1 Å². The molecule has 0 spiro atoms. The van der Waals surface area contributed by atoms with Crippen molar-refractivity contribution in [3.63, 3.8) is 0 Å². The molecule has 0 atom stereocenters. The van der Waals surface area contributed by atoms with Gasteiger partial charge in [-0.3, -0.25) is 9.36 Å². The van der Waals surface area contributed by atoms with Crippen LogP contribution in [0.15, 0.2) is 67.1 Å². The fourth-order valence-electron chi connectivity index (χ4n) is 3.10. The summed E-state index contributed by atoms with van der Waals surface area (Å²) in [4.78, 5) is 0. The molecule has 0 saturated carbocycles. The number of nitrogens with one attached hydrogen (secondary N) is 2. The molecule has 158 valence electrons. The summed E-state index contributed by atoms with van der Waals surface area (Å²) in [5.74, 6) is 0.283. The average molecular weight is 455 g/mol. The average Bonchev–Trinajstić information content (AvgIpc) is 3.35. The van der Waals surface area contributed by atoms with E-state index < -0.39 is 0 Å². The van der Waals surface area contributed by atoms with E-state index in [-0.39, 0.29) is 5.82 Å². The predicted octanol–water partition coefficient (Wildman–Crippen LogP) is 5.09. The van der Waals surface area contributed by atoms with Gasteiger partial charge in [-0.25, -0.2) is 4.39 Å². The number of benzene rings is 2. The molecule has 2 aromatic carbocycles. The van der Waals surface area contributed by atoms with Crippen molar-refractivity contribution in [2.45, 2.75) is 20.0 Å². The van der Waals surface area contributed by atoms with Crippen LogP contribution in [0.4, 0.5) is 15.9 Å². The summed E-state index contributed by atoms with van der Waals surface area (Å²) in [6, 6.07) is 14.4. The molecule has 2 N–H and O–H groups in total. The van der Waals surface area contributed by atoms with Crippen molar-refractivity contribution in [3.05, 3.63) is 94.7 Å². The first kappa shape index (κ1) is 21.0. The van der Waals surface area contributed by atoms with Gasteiger partial charge in [-0.05, 0) is 48.0 Å². The van der Waals surface area contributed by atoms with E-state index in [9.17, 15) is 4.39 Å². The quantitative estimate of drug-likeness (QED) is 0.397. The third-order valence-corrected chi connectivity index (χ3v) is 5.27. The van der Waals surface area contributed by atoms with E-state index in [2.05, 4.69) is 39.9 Å². The van der Waals surface area contributed by atoms with Crippen LogP contribution in [0.5, 0.6) is 0 Å². The summed E-state index contributed by atoms with van der Waals surface area (Å²) in [7, 11) is 0. The third kappa shape index (κ3) is 5.48. The fraction of sp³-hybridized carbons (Fsp3) is 0.136. The van der Waals surface area contributed by atoms with Gasteiger partial charge in [0.15, 0.2) is 10.9 Å². The van der Waals surface area contributed by atoms with Gasteiger partial charge in [-0.1, -0.05) is 41.9 Å². The van der Waals surface area contributed by atoms with Crippen molar-refractivity contribution in [2.75, 3.05) is 10.6 Å². The number of hydrogen-bond donors (Lipinski definition) is 2. The first-order valence-electron chi connectivity index (χ1n) is 9.58. The number of halogens is 2. The van der Waals surface area contributed by atoms with E-state index in [0.717, 1.165) is 11.3 Å². The van der Waals surface area contributed by atoms with Crippen molar-refractivity contribution < 1.29 is 4.39 Å². The van der Waals surface area contributed by atoms with Crippen LogP contribution in [0.2, 0.25) is 5.02 Å². The third-order valence-electron chi connectivity index (χ3n) is 4.71.